The van der Waals surface area contributed by atoms with Gasteiger partial charge in [-0.25, -0.2) is 9.37 Å². The minimum Gasteiger partial charge on any atom is -0.313 e. The first kappa shape index (κ1) is 17.0. The third kappa shape index (κ3) is 2.78. The van der Waals surface area contributed by atoms with Gasteiger partial charge in [-0.3, -0.25) is 4.68 Å². The lowest BCUT2D eigenvalue weighted by molar-refractivity contribution is 0.637. The molecule has 0 unspecified atom stereocenters. The van der Waals surface area contributed by atoms with Crippen LogP contribution in [0.4, 0.5) is 4.39 Å². The van der Waals surface area contributed by atoms with E-state index in [4.69, 9.17) is 0 Å². The molecule has 1 N–H and O–H groups in total. The van der Waals surface area contributed by atoms with Gasteiger partial charge in [-0.05, 0) is 53.9 Å². The number of nitrogens with one attached hydrogen (secondary N) is 1. The van der Waals surface area contributed by atoms with E-state index >= 15 is 0 Å². The van der Waals surface area contributed by atoms with Crippen LogP contribution < -0.4 is 5.32 Å². The maximum Gasteiger partial charge on any atom is 0.150 e. The topological polar surface area (TPSA) is 66.5 Å². The number of aryl methyl sites for hydroxylation is 1. The SMILES string of the molecule is Cn1cc2cc(-c3cc(F)c4nc(C5=CCNCC5)sc4c3)cc(C#N)c2n1. The second-order valence-electron chi connectivity index (χ2n) is 6.88. The Balaban J connectivity index is 1.66. The maximum absolute atomic E-state index is 14.8. The van der Waals surface area contributed by atoms with Crippen molar-refractivity contribution in [3.8, 4) is 17.2 Å². The van der Waals surface area contributed by atoms with Gasteiger partial charge in [0.25, 0.3) is 0 Å². The van der Waals surface area contributed by atoms with Crippen molar-refractivity contribution in [3.05, 3.63) is 52.9 Å². The van der Waals surface area contributed by atoms with Gasteiger partial charge in [0.2, 0.25) is 0 Å². The van der Waals surface area contributed by atoms with Gasteiger partial charge < -0.3 is 5.32 Å². The van der Waals surface area contributed by atoms with Gasteiger partial charge in [0.15, 0.2) is 5.82 Å². The van der Waals surface area contributed by atoms with Crippen LogP contribution in [0.2, 0.25) is 0 Å². The average molecular weight is 389 g/mol. The van der Waals surface area contributed by atoms with Gasteiger partial charge in [0.05, 0.1) is 10.3 Å². The fourth-order valence-electron chi connectivity index (χ4n) is 3.62. The summed E-state index contributed by atoms with van der Waals surface area (Å²) in [6.07, 6.45) is 4.88. The van der Waals surface area contributed by atoms with Crippen molar-refractivity contribution in [3.63, 3.8) is 0 Å². The molecular formula is C21H16FN5S. The Morgan fingerprint density at radius 1 is 1.21 bits per heavy atom. The third-order valence-corrected chi connectivity index (χ3v) is 6.04. The number of aromatic nitrogens is 3. The molecule has 0 radical (unpaired) electrons. The molecule has 0 saturated carbocycles. The molecule has 2 aromatic carbocycles. The summed E-state index contributed by atoms with van der Waals surface area (Å²) >= 11 is 1.52. The van der Waals surface area contributed by atoms with Crippen LogP contribution in [-0.4, -0.2) is 27.9 Å². The van der Waals surface area contributed by atoms with Crippen LogP contribution in [0.15, 0.2) is 36.5 Å². The molecule has 7 heteroatoms. The normalized spacial score (nSPS) is 14.4. The van der Waals surface area contributed by atoms with Crippen LogP contribution in [-0.2, 0) is 7.05 Å². The van der Waals surface area contributed by atoms with Gasteiger partial charge >= 0.3 is 0 Å². The zero-order valence-corrected chi connectivity index (χ0v) is 16.0. The number of nitriles is 1. The van der Waals surface area contributed by atoms with E-state index in [1.54, 1.807) is 10.7 Å². The molecule has 0 saturated heterocycles. The van der Waals surface area contributed by atoms with Crippen molar-refractivity contribution < 1.29 is 4.39 Å². The predicted molar refractivity (Wildman–Crippen MR) is 109 cm³/mol. The van der Waals surface area contributed by atoms with Crippen molar-refractivity contribution in [1.29, 1.82) is 5.26 Å². The fraction of sp³-hybridized carbons (Fsp3) is 0.190. The molecule has 1 aliphatic rings. The highest BCUT2D eigenvalue weighted by molar-refractivity contribution is 7.19. The minimum absolute atomic E-state index is 0.339. The molecule has 1 aliphatic heterocycles. The van der Waals surface area contributed by atoms with E-state index < -0.39 is 0 Å². The number of fused-ring (bicyclic) bond motifs is 2. The molecule has 5 nitrogen and oxygen atoms in total. The number of hydrogen-bond donors (Lipinski definition) is 1. The second kappa shape index (κ2) is 6.51. The van der Waals surface area contributed by atoms with Gasteiger partial charge in [-0.15, -0.1) is 11.3 Å². The Kier molecular flexibility index (Phi) is 3.97. The lowest BCUT2D eigenvalue weighted by atomic mass is 10.0. The number of hydrogen-bond acceptors (Lipinski definition) is 5. The van der Waals surface area contributed by atoms with E-state index in [2.05, 4.69) is 27.5 Å². The molecule has 0 atom stereocenters. The zero-order valence-electron chi connectivity index (χ0n) is 15.2. The molecule has 2 aromatic heterocycles. The highest BCUT2D eigenvalue weighted by atomic mass is 32.1. The summed E-state index contributed by atoms with van der Waals surface area (Å²) in [6.45, 7) is 1.73. The molecule has 28 heavy (non-hydrogen) atoms. The van der Waals surface area contributed by atoms with Gasteiger partial charge in [-0.1, -0.05) is 6.08 Å². The Labute approximate surface area is 164 Å². The Hall–Kier alpha value is -3.08. The fourth-order valence-corrected chi connectivity index (χ4v) is 4.70. The highest BCUT2D eigenvalue weighted by Crippen LogP contribution is 2.35. The van der Waals surface area contributed by atoms with Crippen molar-refractivity contribution in [2.45, 2.75) is 6.42 Å². The monoisotopic (exact) mass is 389 g/mol. The van der Waals surface area contributed by atoms with Gasteiger partial charge in [-0.2, -0.15) is 10.4 Å². The summed E-state index contributed by atoms with van der Waals surface area (Å²) in [4.78, 5) is 4.54. The minimum atomic E-state index is -0.339. The van der Waals surface area contributed by atoms with E-state index in [9.17, 15) is 9.65 Å². The van der Waals surface area contributed by atoms with E-state index in [0.717, 1.165) is 45.7 Å². The maximum atomic E-state index is 14.8. The third-order valence-electron chi connectivity index (χ3n) is 4.96. The standard InChI is InChI=1S/C21H16FN5S/c1-27-11-16-7-13(6-15(10-23)19(16)26-27)14-8-17(22)20-18(9-14)28-21(25-20)12-2-4-24-5-3-12/h2,6-9,11,24H,3-5H2,1H3. The Morgan fingerprint density at radius 2 is 2.07 bits per heavy atom. The lowest BCUT2D eigenvalue weighted by Gasteiger charge is -2.10. The lowest BCUT2D eigenvalue weighted by Crippen LogP contribution is -2.19. The number of rotatable bonds is 2. The number of thiazole rings is 1. The van der Waals surface area contributed by atoms with E-state index in [1.807, 2.05) is 25.4 Å². The van der Waals surface area contributed by atoms with Crippen molar-refractivity contribution >= 4 is 38.0 Å². The zero-order chi connectivity index (χ0) is 19.3. The number of nitrogens with zero attached hydrogens (tertiary/aromatic N) is 4. The quantitative estimate of drug-likeness (QED) is 0.557. The average Bonchev–Trinajstić information content (AvgIpc) is 3.30. The van der Waals surface area contributed by atoms with Crippen LogP contribution in [0.3, 0.4) is 0 Å². The summed E-state index contributed by atoms with van der Waals surface area (Å²) < 4.78 is 17.3. The van der Waals surface area contributed by atoms with Crippen molar-refractivity contribution in [2.75, 3.05) is 13.1 Å². The predicted octanol–water partition coefficient (Wildman–Crippen LogP) is 4.24. The van der Waals surface area contributed by atoms with Crippen molar-refractivity contribution in [2.24, 2.45) is 7.05 Å². The summed E-state index contributed by atoms with van der Waals surface area (Å²) in [5.74, 6) is -0.339. The molecule has 0 bridgehead atoms. The summed E-state index contributed by atoms with van der Waals surface area (Å²) in [6, 6.07) is 9.38. The molecule has 5 rings (SSSR count). The highest BCUT2D eigenvalue weighted by Gasteiger charge is 2.16. The molecule has 0 spiro atoms. The van der Waals surface area contributed by atoms with E-state index in [1.165, 1.54) is 23.0 Å². The molecule has 0 amide bonds. The van der Waals surface area contributed by atoms with E-state index in [-0.39, 0.29) is 5.82 Å². The molecule has 0 aliphatic carbocycles. The number of halogens is 1. The molecular weight excluding hydrogens is 373 g/mol. The first-order valence-corrected chi connectivity index (χ1v) is 9.82. The van der Waals surface area contributed by atoms with Crippen LogP contribution in [0.1, 0.15) is 17.0 Å². The van der Waals surface area contributed by atoms with Gasteiger partial charge in [0.1, 0.15) is 22.1 Å². The van der Waals surface area contributed by atoms with E-state index in [0.29, 0.717) is 16.6 Å². The van der Waals surface area contributed by atoms with Crippen LogP contribution >= 0.6 is 11.3 Å². The summed E-state index contributed by atoms with van der Waals surface area (Å²) in [5.41, 5.74) is 4.26. The Morgan fingerprint density at radius 3 is 2.86 bits per heavy atom. The largest absolute Gasteiger partial charge is 0.313 e. The van der Waals surface area contributed by atoms with Crippen LogP contribution in [0.5, 0.6) is 0 Å². The van der Waals surface area contributed by atoms with Crippen LogP contribution in [0.25, 0.3) is 37.8 Å². The number of benzene rings is 2. The van der Waals surface area contributed by atoms with Crippen molar-refractivity contribution in [1.82, 2.24) is 20.1 Å². The summed E-state index contributed by atoms with van der Waals surface area (Å²) in [7, 11) is 1.82. The molecule has 3 heterocycles. The van der Waals surface area contributed by atoms with Crippen LogP contribution in [0, 0.1) is 17.1 Å². The molecule has 0 fully saturated rings. The molecule has 138 valence electrons. The smallest absolute Gasteiger partial charge is 0.150 e. The van der Waals surface area contributed by atoms with Gasteiger partial charge in [0, 0.05) is 25.2 Å². The first-order chi connectivity index (χ1) is 13.6. The second-order valence-corrected chi connectivity index (χ2v) is 7.91. The molecule has 4 aromatic rings. The first-order valence-electron chi connectivity index (χ1n) is 9.00. The Bertz CT molecular complexity index is 1310. The summed E-state index contributed by atoms with van der Waals surface area (Å²) in [5, 5.41) is 18.9.